The number of halogens is 2. The number of alkyl halides is 2. The quantitative estimate of drug-likeness (QED) is 0.170. The molecule has 0 radical (unpaired) electrons. The molecule has 4 N–H and O–H groups in total. The molecule has 0 aromatic heterocycles. The average molecular weight is 942 g/mol. The van der Waals surface area contributed by atoms with E-state index in [4.69, 9.17) is 10.4 Å². The second-order valence-electron chi connectivity index (χ2n) is 24.4. The first-order chi connectivity index (χ1) is 30.3. The van der Waals surface area contributed by atoms with Crippen LogP contribution in [0.5, 0.6) is 0 Å². The van der Waals surface area contributed by atoms with E-state index in [1.165, 1.54) is 38.8 Å². The summed E-state index contributed by atoms with van der Waals surface area (Å²) in [5.74, 6) is -0.783. The predicted molar refractivity (Wildman–Crippen MR) is 270 cm³/mol. The fraction of sp³-hybridized carbons (Fsp3) is 0.981. The SMILES string of the molecule is CC(C)N1CC2(C(C)(C)O)CC1C2.CC(C)N1CCC(C(C)(C)O)C1.CC(C)N1CCC(C)(O)C1.CC(C)N1CCC(CC#N)C1.CC(C)N1CCC(CO)C1.CC(C)N1CCC(F)(F)C1. The van der Waals surface area contributed by atoms with Gasteiger partial charge in [0.15, 0.2) is 0 Å². The molecule has 0 aromatic rings. The van der Waals surface area contributed by atoms with Crippen molar-refractivity contribution >= 4 is 0 Å². The van der Waals surface area contributed by atoms with Gasteiger partial charge in [0.05, 0.1) is 29.4 Å². The van der Waals surface area contributed by atoms with Gasteiger partial charge in [-0.1, -0.05) is 0 Å². The van der Waals surface area contributed by atoms with Crippen molar-refractivity contribution in [3.05, 3.63) is 0 Å². The van der Waals surface area contributed by atoms with Crippen LogP contribution in [0.2, 0.25) is 0 Å². The molecule has 390 valence electrons. The minimum atomic E-state index is -2.43. The first kappa shape index (κ1) is 61.1. The van der Waals surface area contributed by atoms with Crippen LogP contribution in [0.3, 0.4) is 0 Å². The Hall–Kier alpha value is -1.05. The number of aliphatic hydroxyl groups excluding tert-OH is 1. The number of hydrogen-bond donors (Lipinski definition) is 4. The maximum atomic E-state index is 12.5. The van der Waals surface area contributed by atoms with E-state index < -0.39 is 22.7 Å². The Balaban J connectivity index is 0.000000273. The number of rotatable bonds is 10. The van der Waals surface area contributed by atoms with Gasteiger partial charge in [-0.2, -0.15) is 5.26 Å². The van der Waals surface area contributed by atoms with Crippen LogP contribution in [-0.2, 0) is 0 Å². The molecule has 1 saturated carbocycles. The van der Waals surface area contributed by atoms with Crippen molar-refractivity contribution in [1.29, 1.82) is 5.26 Å². The number of β-amino-alcohol motifs (C(OH)–C–C–N with tert-alkyl or cyclic N) is 1. The Bertz CT molecular complexity index is 1370. The summed E-state index contributed by atoms with van der Waals surface area (Å²) < 4.78 is 25.0. The van der Waals surface area contributed by atoms with Crippen LogP contribution in [-0.4, -0.2) is 193 Å². The van der Waals surface area contributed by atoms with Crippen LogP contribution < -0.4 is 0 Å². The fourth-order valence-corrected chi connectivity index (χ4v) is 10.5. The van der Waals surface area contributed by atoms with Gasteiger partial charge in [0.2, 0.25) is 0 Å². The van der Waals surface area contributed by atoms with Crippen molar-refractivity contribution in [3.8, 4) is 6.07 Å². The zero-order chi connectivity index (χ0) is 50.6. The van der Waals surface area contributed by atoms with Crippen molar-refractivity contribution in [1.82, 2.24) is 29.4 Å². The first-order valence-electron chi connectivity index (χ1n) is 26.3. The van der Waals surface area contributed by atoms with Crippen molar-refractivity contribution in [2.45, 2.75) is 234 Å². The molecule has 13 heteroatoms. The molecular weight excluding hydrogens is 837 g/mol. The van der Waals surface area contributed by atoms with Gasteiger partial charge in [-0.05, 0) is 188 Å². The van der Waals surface area contributed by atoms with E-state index in [2.05, 4.69) is 99.8 Å². The van der Waals surface area contributed by atoms with Crippen LogP contribution in [0.1, 0.15) is 169 Å². The lowest BCUT2D eigenvalue weighted by Crippen LogP contribution is -2.50. The van der Waals surface area contributed by atoms with Gasteiger partial charge < -0.3 is 35.1 Å². The van der Waals surface area contributed by atoms with E-state index >= 15 is 0 Å². The predicted octanol–water partition coefficient (Wildman–Crippen LogP) is 8.04. The Kier molecular flexibility index (Phi) is 24.4. The number of likely N-dealkylation sites (tertiary alicyclic amines) is 5. The molecule has 0 spiro atoms. The Morgan fingerprint density at radius 2 is 1.05 bits per heavy atom. The lowest BCUT2D eigenvalue weighted by molar-refractivity contribution is -0.0756. The molecule has 1 aliphatic carbocycles. The average Bonchev–Trinajstić information content (AvgIpc) is 4.03. The van der Waals surface area contributed by atoms with Crippen LogP contribution in [0.4, 0.5) is 8.78 Å². The summed E-state index contributed by atoms with van der Waals surface area (Å²) in [7, 11) is 0. The zero-order valence-corrected chi connectivity index (χ0v) is 45.6. The normalized spacial score (nSPS) is 30.7. The third-order valence-electron chi connectivity index (χ3n) is 16.0. The monoisotopic (exact) mass is 942 g/mol. The first-order valence-corrected chi connectivity index (χ1v) is 26.3. The third-order valence-corrected chi connectivity index (χ3v) is 16.0. The minimum absolute atomic E-state index is 0.0329. The van der Waals surface area contributed by atoms with Crippen LogP contribution >= 0.6 is 0 Å². The Morgan fingerprint density at radius 1 is 0.606 bits per heavy atom. The second kappa shape index (κ2) is 26.4. The zero-order valence-electron chi connectivity index (χ0n) is 45.6. The second-order valence-corrected chi connectivity index (χ2v) is 24.4. The van der Waals surface area contributed by atoms with Gasteiger partial charge in [0, 0.05) is 119 Å². The number of nitriles is 1. The third kappa shape index (κ3) is 19.6. The van der Waals surface area contributed by atoms with Crippen molar-refractivity contribution in [2.75, 3.05) is 78.6 Å². The smallest absolute Gasteiger partial charge is 0.261 e. The highest BCUT2D eigenvalue weighted by Crippen LogP contribution is 2.58. The number of fused-ring (bicyclic) bond motifs is 1. The molecule has 8 aliphatic rings. The molecule has 4 atom stereocenters. The van der Waals surface area contributed by atoms with Gasteiger partial charge in [-0.3, -0.25) is 14.7 Å². The number of nitrogens with zero attached hydrogens (tertiary/aromatic N) is 7. The molecule has 2 bridgehead atoms. The maximum absolute atomic E-state index is 12.5. The number of aliphatic hydroxyl groups is 4. The molecule has 66 heavy (non-hydrogen) atoms. The molecule has 0 aromatic carbocycles. The minimum Gasteiger partial charge on any atom is -0.396 e. The molecular formula is C53H105F2N7O4. The summed E-state index contributed by atoms with van der Waals surface area (Å²) in [6.45, 7) is 46.3. The van der Waals surface area contributed by atoms with Crippen molar-refractivity contribution in [2.24, 2.45) is 23.2 Å². The van der Waals surface area contributed by atoms with Gasteiger partial charge in [0.1, 0.15) is 0 Å². The Labute approximate surface area is 404 Å². The summed E-state index contributed by atoms with van der Waals surface area (Å²) in [6.07, 6.45) is 7.63. The Morgan fingerprint density at radius 3 is 1.30 bits per heavy atom. The summed E-state index contributed by atoms with van der Waals surface area (Å²) in [5, 5.41) is 46.8. The molecule has 11 nitrogen and oxygen atoms in total. The molecule has 8 fully saturated rings. The number of hydrogen-bond acceptors (Lipinski definition) is 11. The molecule has 8 rings (SSSR count). The molecule has 0 amide bonds. The van der Waals surface area contributed by atoms with E-state index in [0.717, 1.165) is 71.1 Å². The van der Waals surface area contributed by atoms with E-state index in [0.29, 0.717) is 61.1 Å². The molecule has 4 unspecified atom stereocenters. The lowest BCUT2D eigenvalue weighted by Gasteiger charge is -2.46. The van der Waals surface area contributed by atoms with Gasteiger partial charge >= 0.3 is 0 Å². The largest absolute Gasteiger partial charge is 0.396 e. The van der Waals surface area contributed by atoms with Crippen LogP contribution in [0.25, 0.3) is 0 Å². The highest BCUT2D eigenvalue weighted by atomic mass is 19.3. The van der Waals surface area contributed by atoms with E-state index in [1.807, 2.05) is 48.5 Å². The molecule has 7 aliphatic heterocycles. The topological polar surface area (TPSA) is 124 Å². The summed E-state index contributed by atoms with van der Waals surface area (Å²) in [4.78, 5) is 13.9. The van der Waals surface area contributed by atoms with Crippen LogP contribution in [0.15, 0.2) is 0 Å². The molecule has 7 saturated heterocycles. The van der Waals surface area contributed by atoms with Gasteiger partial charge in [-0.15, -0.1) is 0 Å². The summed E-state index contributed by atoms with van der Waals surface area (Å²) in [6, 6.07) is 6.39. The highest BCUT2D eigenvalue weighted by molar-refractivity contribution is 5.14. The summed E-state index contributed by atoms with van der Waals surface area (Å²) in [5.41, 5.74) is -1.21. The summed E-state index contributed by atoms with van der Waals surface area (Å²) >= 11 is 0. The lowest BCUT2D eigenvalue weighted by atomic mass is 9.61. The maximum Gasteiger partial charge on any atom is 0.261 e. The van der Waals surface area contributed by atoms with Gasteiger partial charge in [0.25, 0.3) is 5.92 Å². The fourth-order valence-electron chi connectivity index (χ4n) is 10.5. The van der Waals surface area contributed by atoms with Gasteiger partial charge in [-0.25, -0.2) is 8.78 Å². The highest BCUT2D eigenvalue weighted by Gasteiger charge is 2.61. The standard InChI is InChI=1S/C11H21NO.C10H21NO.C9H16N2.2C8H17NO.C7H13F2N/c1-8(2)12-7-11(10(3,4)13)5-9(12)6-11;1-8(2)11-6-5-9(7-11)10(3,4)12;1-8(2)11-6-4-9(7-11)3-5-10;1-7(2)9-5-4-8(3,10)6-9;1-7(2)9-4-3-8(5-9)6-10;1-6(2)10-4-3-7(8,9)5-10/h8-9,13H,5-7H2,1-4H3;8-9,12H,5-7H2,1-4H3;8-9H,3-4,6-7H2,1-2H3;7,10H,4-6H2,1-3H3;7-8,10H,3-6H2,1-2H3;6H,3-5H2,1-2H3. The van der Waals surface area contributed by atoms with E-state index in [9.17, 15) is 24.1 Å². The molecule has 7 heterocycles. The van der Waals surface area contributed by atoms with Crippen molar-refractivity contribution < 1.29 is 29.2 Å². The van der Waals surface area contributed by atoms with E-state index in [1.54, 1.807) is 4.90 Å². The van der Waals surface area contributed by atoms with E-state index in [-0.39, 0.29) is 24.4 Å². The van der Waals surface area contributed by atoms with Crippen molar-refractivity contribution in [3.63, 3.8) is 0 Å². The van der Waals surface area contributed by atoms with Crippen LogP contribution in [0, 0.1) is 34.5 Å².